The highest BCUT2D eigenvalue weighted by Gasteiger charge is 2.40. The Labute approximate surface area is 67.8 Å². The van der Waals surface area contributed by atoms with Crippen LogP contribution >= 0.6 is 11.8 Å². The zero-order valence-corrected chi connectivity index (χ0v) is 7.54. The predicted molar refractivity (Wildman–Crippen MR) is 48.3 cm³/mol. The summed E-state index contributed by atoms with van der Waals surface area (Å²) in [7, 11) is 0. The maximum absolute atomic E-state index is 5.52. The summed E-state index contributed by atoms with van der Waals surface area (Å²) in [5.41, 5.74) is 6.21. The van der Waals surface area contributed by atoms with E-state index >= 15 is 0 Å². The van der Waals surface area contributed by atoms with Gasteiger partial charge in [0, 0.05) is 0 Å². The Bertz CT molecular complexity index is 99.4. The quantitative estimate of drug-likeness (QED) is 0.662. The van der Waals surface area contributed by atoms with Gasteiger partial charge in [0.2, 0.25) is 0 Å². The number of nitrogens with two attached hydrogens (primary N) is 1. The van der Waals surface area contributed by atoms with Crippen molar-refractivity contribution in [1.29, 1.82) is 0 Å². The molecule has 1 aliphatic carbocycles. The zero-order valence-electron chi connectivity index (χ0n) is 6.73. The van der Waals surface area contributed by atoms with Gasteiger partial charge in [-0.1, -0.05) is 6.92 Å². The predicted octanol–water partition coefficient (Wildman–Crippen LogP) is 1.87. The summed E-state index contributed by atoms with van der Waals surface area (Å²) in [6.07, 6.45) is 4.11. The lowest BCUT2D eigenvalue weighted by molar-refractivity contribution is 0.538. The van der Waals surface area contributed by atoms with Crippen LogP contribution in [0.2, 0.25) is 0 Å². The molecule has 0 aromatic heterocycles. The molecule has 1 rings (SSSR count). The van der Waals surface area contributed by atoms with Gasteiger partial charge in [0.1, 0.15) is 0 Å². The molecule has 0 atom stereocenters. The molecule has 0 radical (unpaired) electrons. The van der Waals surface area contributed by atoms with Crippen molar-refractivity contribution in [2.45, 2.75) is 26.2 Å². The van der Waals surface area contributed by atoms with Gasteiger partial charge in [0.25, 0.3) is 0 Å². The fourth-order valence-corrected chi connectivity index (χ4v) is 2.34. The molecule has 0 saturated heterocycles. The normalized spacial score (nSPS) is 21.0. The third-order valence-electron chi connectivity index (χ3n) is 2.24. The molecule has 0 heterocycles. The van der Waals surface area contributed by atoms with Crippen LogP contribution in [-0.2, 0) is 0 Å². The average molecular weight is 159 g/mol. The zero-order chi connectivity index (χ0) is 7.45. The van der Waals surface area contributed by atoms with Crippen molar-refractivity contribution < 1.29 is 0 Å². The van der Waals surface area contributed by atoms with Crippen LogP contribution < -0.4 is 5.73 Å². The topological polar surface area (TPSA) is 26.0 Å². The van der Waals surface area contributed by atoms with Gasteiger partial charge in [-0.15, -0.1) is 0 Å². The lowest BCUT2D eigenvalue weighted by Gasteiger charge is -2.11. The molecule has 0 aromatic rings. The van der Waals surface area contributed by atoms with E-state index in [1.165, 1.54) is 30.8 Å². The molecule has 0 spiro atoms. The van der Waals surface area contributed by atoms with Crippen LogP contribution in [0.3, 0.4) is 0 Å². The molecule has 0 amide bonds. The first kappa shape index (κ1) is 8.41. The Morgan fingerprint density at radius 1 is 1.50 bits per heavy atom. The van der Waals surface area contributed by atoms with E-state index in [-0.39, 0.29) is 0 Å². The minimum absolute atomic E-state index is 0.690. The largest absolute Gasteiger partial charge is 0.330 e. The van der Waals surface area contributed by atoms with E-state index in [4.69, 9.17) is 5.73 Å². The highest BCUT2D eigenvalue weighted by Crippen LogP contribution is 2.50. The summed E-state index contributed by atoms with van der Waals surface area (Å²) < 4.78 is 0. The Morgan fingerprint density at radius 3 is 2.60 bits per heavy atom. The van der Waals surface area contributed by atoms with Crippen LogP contribution in [0.4, 0.5) is 0 Å². The van der Waals surface area contributed by atoms with E-state index in [2.05, 4.69) is 18.7 Å². The summed E-state index contributed by atoms with van der Waals surface area (Å²) in [4.78, 5) is 0. The molecule has 1 nitrogen and oxygen atoms in total. The second kappa shape index (κ2) is 3.63. The van der Waals surface area contributed by atoms with Gasteiger partial charge in [0.05, 0.1) is 0 Å². The minimum Gasteiger partial charge on any atom is -0.330 e. The first-order valence-corrected chi connectivity index (χ1v) is 5.26. The summed E-state index contributed by atoms with van der Waals surface area (Å²) in [5.74, 6) is 2.60. The van der Waals surface area contributed by atoms with E-state index in [0.29, 0.717) is 5.41 Å². The average Bonchev–Trinajstić information content (AvgIpc) is 2.67. The Kier molecular flexibility index (Phi) is 3.05. The van der Waals surface area contributed by atoms with Crippen LogP contribution in [0.1, 0.15) is 26.2 Å². The van der Waals surface area contributed by atoms with Crippen LogP contribution in [0.15, 0.2) is 0 Å². The fraction of sp³-hybridized carbons (Fsp3) is 1.00. The molecule has 0 aromatic carbocycles. The lowest BCUT2D eigenvalue weighted by Crippen LogP contribution is -2.11. The maximum Gasteiger partial charge on any atom is -0.00104 e. The van der Waals surface area contributed by atoms with E-state index in [0.717, 1.165) is 6.54 Å². The number of thioether (sulfide) groups is 1. The highest BCUT2D eigenvalue weighted by molar-refractivity contribution is 7.99. The Balaban J connectivity index is 2.11. The van der Waals surface area contributed by atoms with Gasteiger partial charge in [-0.25, -0.2) is 0 Å². The van der Waals surface area contributed by atoms with Crippen molar-refractivity contribution in [3.63, 3.8) is 0 Å². The van der Waals surface area contributed by atoms with Gasteiger partial charge in [-0.3, -0.25) is 0 Å². The molecule has 2 N–H and O–H groups in total. The minimum atomic E-state index is 0.690. The van der Waals surface area contributed by atoms with Crippen molar-refractivity contribution in [1.82, 2.24) is 0 Å². The molecule has 0 aliphatic heterocycles. The van der Waals surface area contributed by atoms with Crippen LogP contribution in [0.5, 0.6) is 0 Å². The lowest BCUT2D eigenvalue weighted by atomic mass is 10.1. The van der Waals surface area contributed by atoms with E-state index in [9.17, 15) is 0 Å². The van der Waals surface area contributed by atoms with Gasteiger partial charge < -0.3 is 5.73 Å². The van der Waals surface area contributed by atoms with E-state index in [1.807, 2.05) is 0 Å². The van der Waals surface area contributed by atoms with Crippen molar-refractivity contribution in [2.75, 3.05) is 18.1 Å². The third-order valence-corrected chi connectivity index (χ3v) is 3.47. The third kappa shape index (κ3) is 2.17. The number of rotatable bonds is 5. The van der Waals surface area contributed by atoms with Crippen LogP contribution in [0, 0.1) is 5.41 Å². The summed E-state index contributed by atoms with van der Waals surface area (Å²) >= 11 is 2.06. The van der Waals surface area contributed by atoms with Gasteiger partial charge in [-0.2, -0.15) is 11.8 Å². The summed E-state index contributed by atoms with van der Waals surface area (Å²) in [5, 5.41) is 0. The molecule has 1 saturated carbocycles. The summed E-state index contributed by atoms with van der Waals surface area (Å²) in [6, 6.07) is 0. The second-order valence-corrected chi connectivity index (χ2v) is 4.45. The first-order chi connectivity index (χ1) is 4.83. The molecule has 0 unspecified atom stereocenters. The molecule has 10 heavy (non-hydrogen) atoms. The van der Waals surface area contributed by atoms with E-state index < -0.39 is 0 Å². The van der Waals surface area contributed by atoms with E-state index in [1.54, 1.807) is 0 Å². The van der Waals surface area contributed by atoms with Crippen molar-refractivity contribution in [3.05, 3.63) is 0 Å². The van der Waals surface area contributed by atoms with Gasteiger partial charge >= 0.3 is 0 Å². The molecule has 1 fully saturated rings. The highest BCUT2D eigenvalue weighted by atomic mass is 32.2. The fourth-order valence-electron chi connectivity index (χ4n) is 1.27. The maximum atomic E-state index is 5.52. The molecule has 60 valence electrons. The summed E-state index contributed by atoms with van der Waals surface area (Å²) in [6.45, 7) is 3.10. The molecule has 0 bridgehead atoms. The SMILES string of the molecule is CCSCC1(CCN)CC1. The standard InChI is InChI=1S/C8H17NS/c1-2-10-7-8(3-4-8)5-6-9/h2-7,9H2,1H3. The van der Waals surface area contributed by atoms with Crippen molar-refractivity contribution in [2.24, 2.45) is 11.1 Å². The first-order valence-electron chi connectivity index (χ1n) is 4.11. The molecular weight excluding hydrogens is 142 g/mol. The molecule has 2 heteroatoms. The van der Waals surface area contributed by atoms with Gasteiger partial charge in [0.15, 0.2) is 0 Å². The van der Waals surface area contributed by atoms with Gasteiger partial charge in [-0.05, 0) is 42.7 Å². The monoisotopic (exact) mass is 159 g/mol. The molecular formula is C8H17NS. The second-order valence-electron chi connectivity index (χ2n) is 3.18. The van der Waals surface area contributed by atoms with Crippen molar-refractivity contribution >= 4 is 11.8 Å². The number of hydrogen-bond donors (Lipinski definition) is 1. The molecule has 1 aliphatic rings. The van der Waals surface area contributed by atoms with Crippen LogP contribution in [-0.4, -0.2) is 18.1 Å². The smallest absolute Gasteiger partial charge is 0.00104 e. The van der Waals surface area contributed by atoms with Crippen LogP contribution in [0.25, 0.3) is 0 Å². The number of hydrogen-bond acceptors (Lipinski definition) is 2. The Morgan fingerprint density at radius 2 is 2.20 bits per heavy atom. The van der Waals surface area contributed by atoms with Crippen molar-refractivity contribution in [3.8, 4) is 0 Å². The Hall–Kier alpha value is 0.310.